The Bertz CT molecular complexity index is 836. The molecule has 0 aliphatic carbocycles. The van der Waals surface area contributed by atoms with E-state index in [0.717, 1.165) is 42.7 Å². The largest absolute Gasteiger partial charge is 0.353 e. The van der Waals surface area contributed by atoms with Gasteiger partial charge >= 0.3 is 0 Å². The normalized spacial score (nSPS) is 11.3. The molecule has 0 radical (unpaired) electrons. The summed E-state index contributed by atoms with van der Waals surface area (Å²) in [6.07, 6.45) is 4.85. The molecule has 0 saturated carbocycles. The van der Waals surface area contributed by atoms with Crippen molar-refractivity contribution in [2.75, 3.05) is 6.54 Å². The lowest BCUT2D eigenvalue weighted by Crippen LogP contribution is -2.00. The van der Waals surface area contributed by atoms with Crippen molar-refractivity contribution in [1.82, 2.24) is 9.97 Å². The molecule has 0 atom stereocenters. The third-order valence-corrected chi connectivity index (χ3v) is 4.52. The minimum atomic E-state index is 0.675. The van der Waals surface area contributed by atoms with Gasteiger partial charge in [0.25, 0.3) is 0 Å². The molecule has 3 aromatic rings. The monoisotopic (exact) mass is 327 g/mol. The Morgan fingerprint density at radius 1 is 1.22 bits per heavy atom. The number of benzene rings is 1. The lowest BCUT2D eigenvalue weighted by Gasteiger charge is -2.07. The predicted octanol–water partition coefficient (Wildman–Crippen LogP) is 4.78. The number of hydrogen-bond donors (Lipinski definition) is 2. The summed E-state index contributed by atoms with van der Waals surface area (Å²) < 4.78 is 0. The summed E-state index contributed by atoms with van der Waals surface area (Å²) in [6.45, 7) is 5.01. The molecule has 1 aromatic carbocycles. The van der Waals surface area contributed by atoms with E-state index in [2.05, 4.69) is 35.9 Å². The van der Waals surface area contributed by atoms with Crippen LogP contribution in [-0.4, -0.2) is 16.5 Å². The van der Waals surface area contributed by atoms with Crippen LogP contribution >= 0.6 is 11.6 Å². The Morgan fingerprint density at radius 2 is 2.04 bits per heavy atom. The molecule has 2 heterocycles. The van der Waals surface area contributed by atoms with E-state index >= 15 is 0 Å². The number of halogens is 1. The van der Waals surface area contributed by atoms with E-state index in [1.807, 2.05) is 12.1 Å². The van der Waals surface area contributed by atoms with Crippen molar-refractivity contribution in [3.63, 3.8) is 0 Å². The molecule has 0 aliphatic heterocycles. The Hall–Kier alpha value is -1.84. The van der Waals surface area contributed by atoms with Crippen LogP contribution in [0.5, 0.6) is 0 Å². The highest BCUT2D eigenvalue weighted by molar-refractivity contribution is 6.33. The molecular weight excluding hydrogens is 306 g/mol. The van der Waals surface area contributed by atoms with Crippen LogP contribution in [0.25, 0.3) is 22.3 Å². The first-order chi connectivity index (χ1) is 11.1. The Morgan fingerprint density at radius 3 is 2.78 bits per heavy atom. The Labute approximate surface area is 141 Å². The maximum Gasteiger partial charge on any atom is 0.105 e. The molecule has 0 unspecified atom stereocenters. The number of H-pyrrole nitrogens is 1. The number of pyridine rings is 1. The molecule has 2 aromatic heterocycles. The lowest BCUT2D eigenvalue weighted by molar-refractivity contribution is 0.748. The third kappa shape index (κ3) is 3.12. The molecule has 120 valence electrons. The third-order valence-electron chi connectivity index (χ3n) is 4.22. The minimum Gasteiger partial charge on any atom is -0.353 e. The summed E-state index contributed by atoms with van der Waals surface area (Å²) >= 11 is 6.39. The average Bonchev–Trinajstić information content (AvgIpc) is 2.86. The average molecular weight is 328 g/mol. The topological polar surface area (TPSA) is 54.7 Å². The summed E-state index contributed by atoms with van der Waals surface area (Å²) in [7, 11) is 0. The summed E-state index contributed by atoms with van der Waals surface area (Å²) in [5.41, 5.74) is 12.5. The van der Waals surface area contributed by atoms with Gasteiger partial charge in [0, 0.05) is 17.1 Å². The zero-order chi connectivity index (χ0) is 16.4. The molecule has 0 amide bonds. The van der Waals surface area contributed by atoms with Gasteiger partial charge < -0.3 is 10.7 Å². The maximum absolute atomic E-state index is 6.39. The Kier molecular flexibility index (Phi) is 4.69. The van der Waals surface area contributed by atoms with Gasteiger partial charge in [0.1, 0.15) is 5.69 Å². The van der Waals surface area contributed by atoms with Gasteiger partial charge in [-0.05, 0) is 74.5 Å². The van der Waals surface area contributed by atoms with Crippen molar-refractivity contribution < 1.29 is 0 Å². The van der Waals surface area contributed by atoms with Gasteiger partial charge in [-0.3, -0.25) is 4.98 Å². The summed E-state index contributed by atoms with van der Waals surface area (Å²) in [6, 6.07) is 8.16. The Balaban J connectivity index is 2.21. The van der Waals surface area contributed by atoms with Gasteiger partial charge in [-0.1, -0.05) is 17.7 Å². The highest BCUT2D eigenvalue weighted by atomic mass is 35.5. The zero-order valence-electron chi connectivity index (χ0n) is 13.6. The quantitative estimate of drug-likeness (QED) is 0.662. The number of aromatic amines is 1. The van der Waals surface area contributed by atoms with Crippen molar-refractivity contribution >= 4 is 22.5 Å². The van der Waals surface area contributed by atoms with Crippen LogP contribution in [0.2, 0.25) is 5.02 Å². The smallest absolute Gasteiger partial charge is 0.105 e. The second-order valence-electron chi connectivity index (χ2n) is 6.06. The van der Waals surface area contributed by atoms with Crippen LogP contribution in [-0.2, 0) is 6.42 Å². The number of nitrogens with one attached hydrogen (secondary N) is 1. The van der Waals surface area contributed by atoms with Crippen LogP contribution in [0.3, 0.4) is 0 Å². The van der Waals surface area contributed by atoms with Crippen molar-refractivity contribution in [3.05, 3.63) is 52.2 Å². The number of unbranched alkanes of at least 4 members (excludes halogenated alkanes) is 1. The number of rotatable bonds is 5. The number of hydrogen-bond acceptors (Lipinski definition) is 2. The first kappa shape index (κ1) is 16.0. The molecule has 23 heavy (non-hydrogen) atoms. The van der Waals surface area contributed by atoms with Crippen molar-refractivity contribution in [3.8, 4) is 11.4 Å². The molecule has 0 aliphatic rings. The predicted molar refractivity (Wildman–Crippen MR) is 98.0 cm³/mol. The second-order valence-corrected chi connectivity index (χ2v) is 6.47. The number of aromatic nitrogens is 2. The number of nitrogens with two attached hydrogens (primary N) is 1. The van der Waals surface area contributed by atoms with E-state index in [0.29, 0.717) is 5.02 Å². The molecule has 0 fully saturated rings. The van der Waals surface area contributed by atoms with E-state index in [9.17, 15) is 0 Å². The van der Waals surface area contributed by atoms with Gasteiger partial charge in [0.15, 0.2) is 0 Å². The van der Waals surface area contributed by atoms with E-state index in [1.165, 1.54) is 22.1 Å². The van der Waals surface area contributed by atoms with Gasteiger partial charge in [0.05, 0.1) is 10.7 Å². The molecule has 3 N–H and O–H groups in total. The van der Waals surface area contributed by atoms with E-state index in [1.54, 1.807) is 6.20 Å². The zero-order valence-corrected chi connectivity index (χ0v) is 14.4. The molecular formula is C19H22ClN3. The molecule has 0 spiro atoms. The fraction of sp³-hybridized carbons (Fsp3) is 0.316. The minimum absolute atomic E-state index is 0.675. The van der Waals surface area contributed by atoms with Gasteiger partial charge in [0.2, 0.25) is 0 Å². The van der Waals surface area contributed by atoms with Crippen molar-refractivity contribution in [2.24, 2.45) is 5.73 Å². The van der Waals surface area contributed by atoms with E-state index in [4.69, 9.17) is 17.3 Å². The van der Waals surface area contributed by atoms with Crippen LogP contribution in [0, 0.1) is 13.8 Å². The highest BCUT2D eigenvalue weighted by Gasteiger charge is 2.17. The SMILES string of the molecule is Cc1cc(C)c2c(CCCCN)c(-c3ncccc3Cl)[nH]c2c1. The molecule has 3 rings (SSSR count). The first-order valence-electron chi connectivity index (χ1n) is 8.04. The van der Waals surface area contributed by atoms with E-state index < -0.39 is 0 Å². The lowest BCUT2D eigenvalue weighted by atomic mass is 9.98. The van der Waals surface area contributed by atoms with Gasteiger partial charge in [-0.2, -0.15) is 0 Å². The van der Waals surface area contributed by atoms with Crippen molar-refractivity contribution in [2.45, 2.75) is 33.1 Å². The van der Waals surface area contributed by atoms with Gasteiger partial charge in [-0.15, -0.1) is 0 Å². The second kappa shape index (κ2) is 6.73. The number of aryl methyl sites for hydroxylation is 3. The summed E-state index contributed by atoms with van der Waals surface area (Å²) in [5, 5.41) is 1.97. The van der Waals surface area contributed by atoms with Crippen molar-refractivity contribution in [1.29, 1.82) is 0 Å². The molecule has 3 nitrogen and oxygen atoms in total. The van der Waals surface area contributed by atoms with Crippen LogP contribution in [0.4, 0.5) is 0 Å². The fourth-order valence-corrected chi connectivity index (χ4v) is 3.49. The van der Waals surface area contributed by atoms with Crippen LogP contribution in [0.15, 0.2) is 30.5 Å². The highest BCUT2D eigenvalue weighted by Crippen LogP contribution is 2.35. The van der Waals surface area contributed by atoms with Crippen LogP contribution < -0.4 is 5.73 Å². The molecule has 0 bridgehead atoms. The number of nitrogens with zero attached hydrogens (tertiary/aromatic N) is 1. The summed E-state index contributed by atoms with van der Waals surface area (Å²) in [4.78, 5) is 8.05. The molecule has 0 saturated heterocycles. The molecule has 4 heteroatoms. The first-order valence-corrected chi connectivity index (χ1v) is 8.42. The van der Waals surface area contributed by atoms with Gasteiger partial charge in [-0.25, -0.2) is 0 Å². The summed E-state index contributed by atoms with van der Waals surface area (Å²) in [5.74, 6) is 0. The number of fused-ring (bicyclic) bond motifs is 1. The maximum atomic E-state index is 6.39. The standard InChI is InChI=1S/C19H22ClN3/c1-12-10-13(2)17-14(6-3-4-8-21)18(23-16(17)11-12)19-15(20)7-5-9-22-19/h5,7,9-11,23H,3-4,6,8,21H2,1-2H3. The van der Waals surface area contributed by atoms with E-state index in [-0.39, 0.29) is 0 Å². The fourth-order valence-electron chi connectivity index (χ4n) is 3.27. The van der Waals surface area contributed by atoms with Crippen LogP contribution in [0.1, 0.15) is 29.5 Å².